The first-order chi connectivity index (χ1) is 13.9. The Morgan fingerprint density at radius 3 is 2.48 bits per heavy atom. The number of amides is 2. The number of carbonyl (C=O) groups excluding carboxylic acids is 2. The number of likely N-dealkylation sites (N-methyl/N-ethyl adjacent to an activating group) is 1. The number of rotatable bonds is 10. The van der Waals surface area contributed by atoms with E-state index in [0.29, 0.717) is 18.8 Å². The van der Waals surface area contributed by atoms with Crippen LogP contribution >= 0.6 is 11.8 Å². The fraction of sp³-hybridized carbons (Fsp3) is 0.391. The highest BCUT2D eigenvalue weighted by Gasteiger charge is 2.25. The largest absolute Gasteiger partial charge is 0.497 e. The van der Waals surface area contributed by atoms with Crippen LogP contribution < -0.4 is 10.1 Å². The number of hydrogen-bond donors (Lipinski definition) is 1. The molecule has 0 bridgehead atoms. The molecule has 0 saturated heterocycles. The van der Waals surface area contributed by atoms with E-state index in [1.807, 2.05) is 37.3 Å². The van der Waals surface area contributed by atoms with Gasteiger partial charge >= 0.3 is 0 Å². The molecular weight excluding hydrogens is 384 g/mol. The van der Waals surface area contributed by atoms with Crippen LogP contribution in [0.4, 0.5) is 0 Å². The number of ether oxygens (including phenoxy) is 1. The molecule has 2 aromatic carbocycles. The minimum atomic E-state index is -0.538. The van der Waals surface area contributed by atoms with Crippen molar-refractivity contribution in [1.82, 2.24) is 10.2 Å². The molecule has 1 atom stereocenters. The van der Waals surface area contributed by atoms with Crippen molar-refractivity contribution in [3.8, 4) is 5.75 Å². The first-order valence-corrected chi connectivity index (χ1v) is 10.9. The third-order valence-corrected chi connectivity index (χ3v) is 5.60. The Labute approximate surface area is 177 Å². The molecule has 0 aliphatic heterocycles. The van der Waals surface area contributed by atoms with Gasteiger partial charge in [0.25, 0.3) is 0 Å². The molecule has 6 heteroatoms. The average Bonchev–Trinajstić information content (AvgIpc) is 2.72. The summed E-state index contributed by atoms with van der Waals surface area (Å²) < 4.78 is 5.19. The zero-order valence-corrected chi connectivity index (χ0v) is 18.4. The maximum Gasteiger partial charge on any atom is 0.242 e. The molecule has 1 N–H and O–H groups in total. The maximum absolute atomic E-state index is 13.0. The highest BCUT2D eigenvalue weighted by Crippen LogP contribution is 2.18. The number of nitrogens with one attached hydrogen (secondary N) is 1. The standard InChI is InChI=1S/C23H30N2O3S/c1-5-24-23(27)18(3)25(14-19-9-11-21(28-4)12-10-19)22(26)16-29-15-20-8-6-7-17(2)13-20/h6-13,18H,5,14-16H2,1-4H3,(H,24,27)/t18-/m1/s1. The Morgan fingerprint density at radius 2 is 1.86 bits per heavy atom. The van der Waals surface area contributed by atoms with Crippen molar-refractivity contribution in [2.45, 2.75) is 39.1 Å². The van der Waals surface area contributed by atoms with Crippen molar-refractivity contribution in [1.29, 1.82) is 0 Å². The molecule has 0 unspecified atom stereocenters. The summed E-state index contributed by atoms with van der Waals surface area (Å²) in [5, 5.41) is 2.81. The molecule has 0 saturated carbocycles. The number of benzene rings is 2. The summed E-state index contributed by atoms with van der Waals surface area (Å²) in [5.74, 6) is 1.67. The van der Waals surface area contributed by atoms with E-state index in [1.54, 1.807) is 30.7 Å². The minimum Gasteiger partial charge on any atom is -0.497 e. The van der Waals surface area contributed by atoms with Crippen molar-refractivity contribution in [3.63, 3.8) is 0 Å². The predicted octanol–water partition coefficient (Wildman–Crippen LogP) is 3.79. The second-order valence-electron chi connectivity index (χ2n) is 6.92. The van der Waals surface area contributed by atoms with Crippen molar-refractivity contribution < 1.29 is 14.3 Å². The van der Waals surface area contributed by atoms with Gasteiger partial charge in [0, 0.05) is 18.8 Å². The highest BCUT2D eigenvalue weighted by atomic mass is 32.2. The number of hydrogen-bond acceptors (Lipinski definition) is 4. The van der Waals surface area contributed by atoms with E-state index >= 15 is 0 Å². The molecule has 0 aliphatic rings. The van der Waals surface area contributed by atoms with Gasteiger partial charge in [0.2, 0.25) is 11.8 Å². The summed E-state index contributed by atoms with van der Waals surface area (Å²) >= 11 is 1.57. The van der Waals surface area contributed by atoms with Gasteiger partial charge in [-0.25, -0.2) is 0 Å². The Bertz CT molecular complexity index is 808. The fourth-order valence-corrected chi connectivity index (χ4v) is 3.83. The molecule has 29 heavy (non-hydrogen) atoms. The molecule has 0 spiro atoms. The van der Waals surface area contributed by atoms with Gasteiger partial charge in [-0.05, 0) is 44.0 Å². The van der Waals surface area contributed by atoms with Gasteiger partial charge in [0.15, 0.2) is 0 Å². The smallest absolute Gasteiger partial charge is 0.242 e. The van der Waals surface area contributed by atoms with Crippen molar-refractivity contribution in [2.24, 2.45) is 0 Å². The summed E-state index contributed by atoms with van der Waals surface area (Å²) in [6.45, 7) is 6.63. The molecule has 2 rings (SSSR count). The van der Waals surface area contributed by atoms with Gasteiger partial charge in [-0.1, -0.05) is 42.0 Å². The molecule has 2 amide bonds. The van der Waals surface area contributed by atoms with Gasteiger partial charge in [-0.2, -0.15) is 0 Å². The first kappa shape index (κ1) is 22.8. The Balaban J connectivity index is 2.05. The van der Waals surface area contributed by atoms with Crippen LogP contribution in [0.3, 0.4) is 0 Å². The monoisotopic (exact) mass is 414 g/mol. The van der Waals surface area contributed by atoms with E-state index in [-0.39, 0.29) is 11.8 Å². The fourth-order valence-electron chi connectivity index (χ4n) is 2.97. The first-order valence-electron chi connectivity index (χ1n) is 9.78. The van der Waals surface area contributed by atoms with Gasteiger partial charge in [0.05, 0.1) is 12.9 Å². The third kappa shape index (κ3) is 7.13. The molecular formula is C23H30N2O3S. The van der Waals surface area contributed by atoms with Crippen molar-refractivity contribution in [2.75, 3.05) is 19.4 Å². The van der Waals surface area contributed by atoms with Crippen LogP contribution in [-0.4, -0.2) is 42.2 Å². The maximum atomic E-state index is 13.0. The topological polar surface area (TPSA) is 58.6 Å². The number of methoxy groups -OCH3 is 1. The lowest BCUT2D eigenvalue weighted by Crippen LogP contribution is -2.48. The second-order valence-corrected chi connectivity index (χ2v) is 7.91. The SMILES string of the molecule is CCNC(=O)[C@@H](C)N(Cc1ccc(OC)cc1)C(=O)CSCc1cccc(C)c1. The number of aryl methyl sites for hydroxylation is 1. The van der Waals surface area contributed by atoms with Crippen molar-refractivity contribution in [3.05, 3.63) is 65.2 Å². The van der Waals surface area contributed by atoms with Crippen LogP contribution in [0.25, 0.3) is 0 Å². The lowest BCUT2D eigenvalue weighted by atomic mass is 10.1. The molecule has 0 heterocycles. The molecule has 0 aliphatic carbocycles. The van der Waals surface area contributed by atoms with E-state index in [2.05, 4.69) is 30.4 Å². The average molecular weight is 415 g/mol. The van der Waals surface area contributed by atoms with Crippen LogP contribution in [-0.2, 0) is 21.9 Å². The molecule has 0 fully saturated rings. The number of nitrogens with zero attached hydrogens (tertiary/aromatic N) is 1. The van der Waals surface area contributed by atoms with Crippen LogP contribution in [0.15, 0.2) is 48.5 Å². The van der Waals surface area contributed by atoms with Crippen LogP contribution in [0.1, 0.15) is 30.5 Å². The Kier molecular flexibility index (Phi) is 9.06. The number of carbonyl (C=O) groups is 2. The highest BCUT2D eigenvalue weighted by molar-refractivity contribution is 7.99. The van der Waals surface area contributed by atoms with Crippen LogP contribution in [0.5, 0.6) is 5.75 Å². The summed E-state index contributed by atoms with van der Waals surface area (Å²) in [5.41, 5.74) is 3.36. The zero-order chi connectivity index (χ0) is 21.2. The van der Waals surface area contributed by atoms with Crippen LogP contribution in [0.2, 0.25) is 0 Å². The summed E-state index contributed by atoms with van der Waals surface area (Å²) in [7, 11) is 1.62. The van der Waals surface area contributed by atoms with Gasteiger partial charge in [-0.15, -0.1) is 11.8 Å². The summed E-state index contributed by atoms with van der Waals surface area (Å²) in [6.07, 6.45) is 0. The molecule has 156 valence electrons. The van der Waals surface area contributed by atoms with Gasteiger partial charge < -0.3 is 15.0 Å². The molecule has 0 aromatic heterocycles. The van der Waals surface area contributed by atoms with E-state index in [0.717, 1.165) is 17.1 Å². The molecule has 2 aromatic rings. The van der Waals surface area contributed by atoms with Crippen LogP contribution in [0, 0.1) is 6.92 Å². The normalized spacial score (nSPS) is 11.6. The summed E-state index contributed by atoms with van der Waals surface area (Å²) in [4.78, 5) is 27.0. The zero-order valence-electron chi connectivity index (χ0n) is 17.6. The van der Waals surface area contributed by atoms with E-state index in [9.17, 15) is 9.59 Å². The Hall–Kier alpha value is -2.47. The second kappa shape index (κ2) is 11.5. The predicted molar refractivity (Wildman–Crippen MR) is 119 cm³/mol. The van der Waals surface area contributed by atoms with Gasteiger partial charge in [-0.3, -0.25) is 9.59 Å². The quantitative estimate of drug-likeness (QED) is 0.643. The molecule has 5 nitrogen and oxygen atoms in total. The molecule has 0 radical (unpaired) electrons. The lowest BCUT2D eigenvalue weighted by Gasteiger charge is -2.28. The van der Waals surface area contributed by atoms with E-state index < -0.39 is 6.04 Å². The van der Waals surface area contributed by atoms with Crippen molar-refractivity contribution >= 4 is 23.6 Å². The lowest BCUT2D eigenvalue weighted by molar-refractivity contribution is -0.138. The Morgan fingerprint density at radius 1 is 1.14 bits per heavy atom. The van der Waals surface area contributed by atoms with Gasteiger partial charge in [0.1, 0.15) is 11.8 Å². The number of thioether (sulfide) groups is 1. The minimum absolute atomic E-state index is 0.0442. The third-order valence-electron chi connectivity index (χ3n) is 4.61. The summed E-state index contributed by atoms with van der Waals surface area (Å²) in [6, 6.07) is 15.3. The van der Waals surface area contributed by atoms with E-state index in [1.165, 1.54) is 11.1 Å². The van der Waals surface area contributed by atoms with E-state index in [4.69, 9.17) is 4.74 Å².